The zero-order valence-corrected chi connectivity index (χ0v) is 19.1. The van der Waals surface area contributed by atoms with Crippen molar-refractivity contribution in [1.82, 2.24) is 9.21 Å². The van der Waals surface area contributed by atoms with Gasteiger partial charge in [0.1, 0.15) is 5.58 Å². The number of carbonyl (C=O) groups excluding carboxylic acids is 1. The Hall–Kier alpha value is -1.51. The molecular formula is C24H31F3N2O2S. The standard InChI is InChI=1S/C24H31F3N2O2S/c25-24(26,27)11-5-23(30)32-29-15-7-18(8-16-29)6-12-28-13-9-19(10-14-28)21-17-31-22-4-2-1-3-20(21)22/h1-4,17-19H,5-16H2. The predicted molar refractivity (Wildman–Crippen MR) is 121 cm³/mol. The molecule has 8 heteroatoms. The maximum Gasteiger partial charge on any atom is 0.389 e. The summed E-state index contributed by atoms with van der Waals surface area (Å²) in [5.74, 6) is 1.19. The predicted octanol–water partition coefficient (Wildman–Crippen LogP) is 6.23. The van der Waals surface area contributed by atoms with Crippen LogP contribution >= 0.6 is 11.9 Å². The SMILES string of the molecule is O=C(CCC(F)(F)F)SN1CCC(CCN2CCC(c3coc4ccccc34)CC2)CC1. The minimum absolute atomic E-state index is 0.381. The van der Waals surface area contributed by atoms with E-state index in [1.807, 2.05) is 22.7 Å². The molecular weight excluding hydrogens is 437 g/mol. The van der Waals surface area contributed by atoms with Gasteiger partial charge in [-0.1, -0.05) is 18.2 Å². The van der Waals surface area contributed by atoms with E-state index in [2.05, 4.69) is 17.0 Å². The van der Waals surface area contributed by atoms with E-state index in [4.69, 9.17) is 4.42 Å². The molecule has 0 spiro atoms. The summed E-state index contributed by atoms with van der Waals surface area (Å²) in [4.78, 5) is 14.3. The second kappa shape index (κ2) is 10.6. The highest BCUT2D eigenvalue weighted by molar-refractivity contribution is 8.11. The van der Waals surface area contributed by atoms with Crippen molar-refractivity contribution in [3.63, 3.8) is 0 Å². The third-order valence-corrected chi connectivity index (χ3v) is 7.84. The first-order valence-electron chi connectivity index (χ1n) is 11.6. The molecule has 4 rings (SSSR count). The maximum atomic E-state index is 12.3. The minimum Gasteiger partial charge on any atom is -0.464 e. The Morgan fingerprint density at radius 1 is 1.06 bits per heavy atom. The molecule has 2 fully saturated rings. The van der Waals surface area contributed by atoms with E-state index >= 15 is 0 Å². The molecule has 0 atom stereocenters. The third-order valence-electron chi connectivity index (χ3n) is 6.81. The van der Waals surface area contributed by atoms with Gasteiger partial charge in [0.2, 0.25) is 5.12 Å². The molecule has 0 N–H and O–H groups in total. The van der Waals surface area contributed by atoms with Crippen LogP contribution in [0.15, 0.2) is 34.9 Å². The van der Waals surface area contributed by atoms with Crippen molar-refractivity contribution in [2.75, 3.05) is 32.7 Å². The van der Waals surface area contributed by atoms with Gasteiger partial charge in [0.05, 0.1) is 12.7 Å². The van der Waals surface area contributed by atoms with Crippen LogP contribution in [0.1, 0.15) is 56.4 Å². The molecule has 0 radical (unpaired) electrons. The van der Waals surface area contributed by atoms with Crippen LogP contribution in [-0.2, 0) is 4.79 Å². The summed E-state index contributed by atoms with van der Waals surface area (Å²) in [5, 5.41) is 0.863. The smallest absolute Gasteiger partial charge is 0.389 e. The number of likely N-dealkylation sites (tertiary alicyclic amines) is 1. The fourth-order valence-electron chi connectivity index (χ4n) is 4.87. The largest absolute Gasteiger partial charge is 0.464 e. The highest BCUT2D eigenvalue weighted by Gasteiger charge is 2.29. The van der Waals surface area contributed by atoms with Crippen LogP contribution in [0.5, 0.6) is 0 Å². The van der Waals surface area contributed by atoms with Gasteiger partial charge >= 0.3 is 6.18 Å². The normalized spacial score (nSPS) is 20.2. The van der Waals surface area contributed by atoms with Gasteiger partial charge in [0.25, 0.3) is 0 Å². The quantitative estimate of drug-likeness (QED) is 0.450. The molecule has 32 heavy (non-hydrogen) atoms. The van der Waals surface area contributed by atoms with Crippen molar-refractivity contribution >= 4 is 28.0 Å². The van der Waals surface area contributed by atoms with E-state index in [0.717, 1.165) is 82.4 Å². The number of para-hydroxylation sites is 1. The Bertz CT molecular complexity index is 885. The van der Waals surface area contributed by atoms with Crippen LogP contribution < -0.4 is 0 Å². The molecule has 4 nitrogen and oxygen atoms in total. The Balaban J connectivity index is 1.13. The van der Waals surface area contributed by atoms with Crippen LogP contribution in [0.4, 0.5) is 13.2 Å². The van der Waals surface area contributed by atoms with Crippen molar-refractivity contribution in [1.29, 1.82) is 0 Å². The van der Waals surface area contributed by atoms with Gasteiger partial charge in [-0.2, -0.15) is 13.2 Å². The number of furan rings is 1. The molecule has 2 saturated heterocycles. The van der Waals surface area contributed by atoms with Crippen molar-refractivity contribution in [2.24, 2.45) is 5.92 Å². The molecule has 0 bridgehead atoms. The number of rotatable bonds is 7. The van der Waals surface area contributed by atoms with Crippen LogP contribution in [0.2, 0.25) is 0 Å². The van der Waals surface area contributed by atoms with E-state index in [0.29, 0.717) is 11.8 Å². The second-order valence-electron chi connectivity index (χ2n) is 9.04. The van der Waals surface area contributed by atoms with Crippen LogP contribution in [0.3, 0.4) is 0 Å². The summed E-state index contributed by atoms with van der Waals surface area (Å²) in [6, 6.07) is 8.25. The molecule has 0 unspecified atom stereocenters. The van der Waals surface area contributed by atoms with Gasteiger partial charge in [-0.05, 0) is 81.6 Å². The fraction of sp³-hybridized carbons (Fsp3) is 0.625. The Morgan fingerprint density at radius 3 is 2.50 bits per heavy atom. The van der Waals surface area contributed by atoms with E-state index in [-0.39, 0.29) is 5.12 Å². The van der Waals surface area contributed by atoms with Gasteiger partial charge in [-0.15, -0.1) is 0 Å². The van der Waals surface area contributed by atoms with Gasteiger partial charge in [0, 0.05) is 30.5 Å². The Kier molecular flexibility index (Phi) is 7.84. The number of hydrogen-bond acceptors (Lipinski definition) is 5. The molecule has 2 aliphatic heterocycles. The molecule has 2 aromatic rings. The number of nitrogens with zero attached hydrogens (tertiary/aromatic N) is 2. The summed E-state index contributed by atoms with van der Waals surface area (Å²) >= 11 is 0.985. The lowest BCUT2D eigenvalue weighted by Gasteiger charge is -2.34. The van der Waals surface area contributed by atoms with E-state index < -0.39 is 19.0 Å². The number of benzene rings is 1. The number of fused-ring (bicyclic) bond motifs is 1. The van der Waals surface area contributed by atoms with Gasteiger partial charge in [-0.3, -0.25) is 4.79 Å². The summed E-state index contributed by atoms with van der Waals surface area (Å²) in [5.41, 5.74) is 2.31. The summed E-state index contributed by atoms with van der Waals surface area (Å²) in [6.45, 7) is 4.87. The number of hydrogen-bond donors (Lipinski definition) is 0. The molecule has 1 aromatic carbocycles. The molecule has 176 valence electrons. The molecule has 0 saturated carbocycles. The van der Waals surface area contributed by atoms with E-state index in [1.54, 1.807) is 0 Å². The van der Waals surface area contributed by atoms with Gasteiger partial charge in [0.15, 0.2) is 0 Å². The zero-order chi connectivity index (χ0) is 22.6. The Morgan fingerprint density at radius 2 is 1.78 bits per heavy atom. The number of piperidine rings is 2. The highest BCUT2D eigenvalue weighted by atomic mass is 32.2. The second-order valence-corrected chi connectivity index (χ2v) is 10.2. The van der Waals surface area contributed by atoms with Crippen LogP contribution in [0.25, 0.3) is 11.0 Å². The topological polar surface area (TPSA) is 36.7 Å². The average molecular weight is 469 g/mol. The van der Waals surface area contributed by atoms with Gasteiger partial charge < -0.3 is 9.32 Å². The van der Waals surface area contributed by atoms with E-state index in [1.165, 1.54) is 10.9 Å². The minimum atomic E-state index is -4.26. The number of carbonyl (C=O) groups is 1. The highest BCUT2D eigenvalue weighted by Crippen LogP contribution is 2.35. The van der Waals surface area contributed by atoms with Gasteiger partial charge in [-0.25, -0.2) is 4.31 Å². The van der Waals surface area contributed by atoms with Crippen molar-refractivity contribution in [3.8, 4) is 0 Å². The lowest BCUT2D eigenvalue weighted by atomic mass is 9.88. The molecule has 2 aliphatic rings. The zero-order valence-electron chi connectivity index (χ0n) is 18.3. The van der Waals surface area contributed by atoms with Crippen molar-refractivity contribution in [2.45, 2.75) is 57.0 Å². The molecule has 3 heterocycles. The van der Waals surface area contributed by atoms with Crippen LogP contribution in [-0.4, -0.2) is 53.2 Å². The molecule has 0 aliphatic carbocycles. The first-order valence-corrected chi connectivity index (χ1v) is 12.4. The first-order chi connectivity index (χ1) is 15.4. The Labute approximate surface area is 191 Å². The average Bonchev–Trinajstić information content (AvgIpc) is 3.21. The van der Waals surface area contributed by atoms with Crippen molar-refractivity contribution < 1.29 is 22.4 Å². The monoisotopic (exact) mass is 468 g/mol. The summed E-state index contributed by atoms with van der Waals surface area (Å²) < 4.78 is 44.4. The third kappa shape index (κ3) is 6.51. The van der Waals surface area contributed by atoms with Crippen LogP contribution in [0, 0.1) is 5.92 Å². The summed E-state index contributed by atoms with van der Waals surface area (Å²) in [7, 11) is 0. The lowest BCUT2D eigenvalue weighted by molar-refractivity contribution is -0.140. The van der Waals surface area contributed by atoms with Crippen molar-refractivity contribution in [3.05, 3.63) is 36.1 Å². The maximum absolute atomic E-state index is 12.3. The fourth-order valence-corrected chi connectivity index (χ4v) is 5.74. The lowest BCUT2D eigenvalue weighted by Crippen LogP contribution is -2.36. The summed E-state index contributed by atoms with van der Waals surface area (Å²) in [6.07, 6.45) is 1.70. The molecule has 1 aromatic heterocycles. The van der Waals surface area contributed by atoms with E-state index in [9.17, 15) is 18.0 Å². The molecule has 0 amide bonds. The number of alkyl halides is 3. The first kappa shape index (κ1) is 23.6. The number of halogens is 3.